The predicted molar refractivity (Wildman–Crippen MR) is 106 cm³/mol. The maximum Gasteiger partial charge on any atom is 0.410 e. The van der Waals surface area contributed by atoms with Gasteiger partial charge >= 0.3 is 6.09 Å². The number of hydrogen-bond donors (Lipinski definition) is 2. The molecular formula is C20H29N3O5. The van der Waals surface area contributed by atoms with Gasteiger partial charge < -0.3 is 25.0 Å². The zero-order valence-corrected chi connectivity index (χ0v) is 17.1. The number of hydrogen-bond acceptors (Lipinski definition) is 5. The molecule has 2 rings (SSSR count). The molecule has 1 aliphatic rings. The van der Waals surface area contributed by atoms with Gasteiger partial charge in [0.15, 0.2) is 0 Å². The van der Waals surface area contributed by atoms with Crippen LogP contribution in [0.25, 0.3) is 0 Å². The van der Waals surface area contributed by atoms with Crippen LogP contribution in [0.3, 0.4) is 0 Å². The van der Waals surface area contributed by atoms with E-state index in [0.29, 0.717) is 36.6 Å². The summed E-state index contributed by atoms with van der Waals surface area (Å²) < 4.78 is 10.6. The highest BCUT2D eigenvalue weighted by molar-refractivity contribution is 5.95. The van der Waals surface area contributed by atoms with Gasteiger partial charge in [0.2, 0.25) is 11.8 Å². The van der Waals surface area contributed by atoms with Gasteiger partial charge in [0.25, 0.3) is 0 Å². The first-order valence-electron chi connectivity index (χ1n) is 9.33. The van der Waals surface area contributed by atoms with Crippen LogP contribution in [-0.4, -0.2) is 48.6 Å². The highest BCUT2D eigenvalue weighted by Crippen LogP contribution is 2.28. The molecule has 1 saturated heterocycles. The van der Waals surface area contributed by atoms with Crippen LogP contribution >= 0.6 is 0 Å². The average Bonchev–Trinajstić information content (AvgIpc) is 2.60. The topological polar surface area (TPSA) is 97.0 Å². The number of amides is 3. The van der Waals surface area contributed by atoms with E-state index in [1.807, 2.05) is 20.8 Å². The van der Waals surface area contributed by atoms with E-state index in [9.17, 15) is 14.4 Å². The molecule has 0 aromatic heterocycles. The standard InChI is InChI=1S/C20H29N3O5/c1-13(24)21-16-11-15(8-9-17(16)27-5)22-18(25)14-7-6-10-23(12-14)19(26)28-20(2,3)4/h8-9,11,14H,6-7,10,12H2,1-5H3,(H,21,24)(H,22,25). The number of nitrogens with one attached hydrogen (secondary N) is 2. The molecular weight excluding hydrogens is 362 g/mol. The predicted octanol–water partition coefficient (Wildman–Crippen LogP) is 3.24. The summed E-state index contributed by atoms with van der Waals surface area (Å²) in [5.41, 5.74) is 0.450. The third-order valence-electron chi connectivity index (χ3n) is 4.22. The largest absolute Gasteiger partial charge is 0.495 e. The Morgan fingerprint density at radius 1 is 1.18 bits per heavy atom. The van der Waals surface area contributed by atoms with E-state index in [4.69, 9.17) is 9.47 Å². The normalized spacial score (nSPS) is 16.9. The van der Waals surface area contributed by atoms with Gasteiger partial charge in [0, 0.05) is 25.7 Å². The third kappa shape index (κ3) is 6.14. The first-order valence-corrected chi connectivity index (χ1v) is 9.33. The molecule has 1 fully saturated rings. The molecule has 8 nitrogen and oxygen atoms in total. The van der Waals surface area contributed by atoms with Gasteiger partial charge in [-0.15, -0.1) is 0 Å². The summed E-state index contributed by atoms with van der Waals surface area (Å²) in [6.07, 6.45) is 1.03. The Labute approximate surface area is 165 Å². The Bertz CT molecular complexity index is 742. The minimum atomic E-state index is -0.574. The Morgan fingerprint density at radius 2 is 1.89 bits per heavy atom. The molecule has 1 aromatic carbocycles. The molecule has 1 aliphatic heterocycles. The molecule has 2 N–H and O–H groups in total. The van der Waals surface area contributed by atoms with Crippen molar-refractivity contribution in [3.8, 4) is 5.75 Å². The van der Waals surface area contributed by atoms with Crippen molar-refractivity contribution in [2.75, 3.05) is 30.8 Å². The number of rotatable bonds is 4. The molecule has 154 valence electrons. The number of benzene rings is 1. The molecule has 0 radical (unpaired) electrons. The van der Waals surface area contributed by atoms with Gasteiger partial charge in [0.1, 0.15) is 11.4 Å². The lowest BCUT2D eigenvalue weighted by molar-refractivity contribution is -0.121. The lowest BCUT2D eigenvalue weighted by Crippen LogP contribution is -2.45. The summed E-state index contributed by atoms with van der Waals surface area (Å²) in [7, 11) is 1.51. The first-order chi connectivity index (χ1) is 13.1. The number of likely N-dealkylation sites (tertiary alicyclic amines) is 1. The minimum absolute atomic E-state index is 0.174. The van der Waals surface area contributed by atoms with Crippen molar-refractivity contribution in [1.29, 1.82) is 0 Å². The minimum Gasteiger partial charge on any atom is -0.495 e. The van der Waals surface area contributed by atoms with Gasteiger partial charge in [0.05, 0.1) is 18.7 Å². The monoisotopic (exact) mass is 391 g/mol. The average molecular weight is 391 g/mol. The Morgan fingerprint density at radius 3 is 2.50 bits per heavy atom. The Kier molecular flexibility index (Phi) is 6.88. The summed E-state index contributed by atoms with van der Waals surface area (Å²) in [5, 5.41) is 5.54. The van der Waals surface area contributed by atoms with E-state index < -0.39 is 11.7 Å². The third-order valence-corrected chi connectivity index (χ3v) is 4.22. The molecule has 1 unspecified atom stereocenters. The lowest BCUT2D eigenvalue weighted by Gasteiger charge is -2.33. The van der Waals surface area contributed by atoms with Crippen LogP contribution in [0.4, 0.5) is 16.2 Å². The Hall–Kier alpha value is -2.77. The molecule has 0 bridgehead atoms. The highest BCUT2D eigenvalue weighted by Gasteiger charge is 2.31. The van der Waals surface area contributed by atoms with Gasteiger partial charge in [-0.3, -0.25) is 9.59 Å². The molecule has 3 amide bonds. The molecule has 0 saturated carbocycles. The molecule has 1 heterocycles. The van der Waals surface area contributed by atoms with Crippen molar-refractivity contribution >= 4 is 29.3 Å². The summed E-state index contributed by atoms with van der Waals surface area (Å²) in [4.78, 5) is 37.9. The summed E-state index contributed by atoms with van der Waals surface area (Å²) in [6.45, 7) is 7.74. The summed E-state index contributed by atoms with van der Waals surface area (Å²) >= 11 is 0. The van der Waals surface area contributed by atoms with Crippen LogP contribution in [0.1, 0.15) is 40.5 Å². The molecule has 1 atom stereocenters. The van der Waals surface area contributed by atoms with E-state index in [0.717, 1.165) is 6.42 Å². The SMILES string of the molecule is COc1ccc(NC(=O)C2CCCN(C(=O)OC(C)(C)C)C2)cc1NC(C)=O. The van der Waals surface area contributed by atoms with Gasteiger partial charge in [-0.25, -0.2) is 4.79 Å². The van der Waals surface area contributed by atoms with Crippen LogP contribution in [-0.2, 0) is 14.3 Å². The maximum absolute atomic E-state index is 12.7. The zero-order valence-electron chi connectivity index (χ0n) is 17.1. The second-order valence-corrected chi connectivity index (χ2v) is 7.85. The van der Waals surface area contributed by atoms with Crippen molar-refractivity contribution in [3.05, 3.63) is 18.2 Å². The Balaban J connectivity index is 2.04. The number of piperidine rings is 1. The molecule has 0 spiro atoms. The van der Waals surface area contributed by atoms with Crippen LogP contribution in [0, 0.1) is 5.92 Å². The van der Waals surface area contributed by atoms with Crippen LogP contribution in [0.15, 0.2) is 18.2 Å². The molecule has 0 aliphatic carbocycles. The van der Waals surface area contributed by atoms with Gasteiger partial charge in [-0.2, -0.15) is 0 Å². The number of nitrogens with zero attached hydrogens (tertiary/aromatic N) is 1. The van der Waals surface area contributed by atoms with E-state index in [-0.39, 0.29) is 17.7 Å². The highest BCUT2D eigenvalue weighted by atomic mass is 16.6. The quantitative estimate of drug-likeness (QED) is 0.821. The van der Waals surface area contributed by atoms with Crippen LogP contribution in [0.5, 0.6) is 5.75 Å². The van der Waals surface area contributed by atoms with Crippen molar-refractivity contribution in [2.24, 2.45) is 5.92 Å². The number of carbonyl (C=O) groups is 3. The maximum atomic E-state index is 12.7. The fourth-order valence-electron chi connectivity index (χ4n) is 3.00. The zero-order chi connectivity index (χ0) is 20.9. The van der Waals surface area contributed by atoms with E-state index in [1.54, 1.807) is 23.1 Å². The van der Waals surface area contributed by atoms with Crippen molar-refractivity contribution < 1.29 is 23.9 Å². The fraction of sp³-hybridized carbons (Fsp3) is 0.550. The van der Waals surface area contributed by atoms with E-state index in [2.05, 4.69) is 10.6 Å². The first kappa shape index (κ1) is 21.5. The van der Waals surface area contributed by atoms with Crippen molar-refractivity contribution in [3.63, 3.8) is 0 Å². The van der Waals surface area contributed by atoms with Gasteiger partial charge in [-0.05, 0) is 51.8 Å². The summed E-state index contributed by atoms with van der Waals surface area (Å²) in [5.74, 6) is -0.233. The number of methoxy groups -OCH3 is 1. The summed E-state index contributed by atoms with van der Waals surface area (Å²) in [6, 6.07) is 5.03. The number of carbonyl (C=O) groups excluding carboxylic acids is 3. The van der Waals surface area contributed by atoms with E-state index in [1.165, 1.54) is 14.0 Å². The van der Waals surface area contributed by atoms with Gasteiger partial charge in [-0.1, -0.05) is 0 Å². The van der Waals surface area contributed by atoms with Crippen molar-refractivity contribution in [2.45, 2.75) is 46.1 Å². The lowest BCUT2D eigenvalue weighted by atomic mass is 9.97. The fourth-order valence-corrected chi connectivity index (χ4v) is 3.00. The second kappa shape index (κ2) is 8.95. The second-order valence-electron chi connectivity index (χ2n) is 7.85. The van der Waals surface area contributed by atoms with Crippen LogP contribution in [0.2, 0.25) is 0 Å². The van der Waals surface area contributed by atoms with Crippen LogP contribution < -0.4 is 15.4 Å². The molecule has 8 heteroatoms. The number of ether oxygens (including phenoxy) is 2. The number of anilines is 2. The molecule has 28 heavy (non-hydrogen) atoms. The molecule has 1 aromatic rings. The van der Waals surface area contributed by atoms with E-state index >= 15 is 0 Å². The smallest absolute Gasteiger partial charge is 0.410 e. The van der Waals surface area contributed by atoms with Crippen molar-refractivity contribution in [1.82, 2.24) is 4.90 Å².